The number of benzene rings is 2. The average molecular weight is 446 g/mol. The van der Waals surface area contributed by atoms with Crippen LogP contribution in [0.4, 0.5) is 0 Å². The molecule has 0 bridgehead atoms. The summed E-state index contributed by atoms with van der Waals surface area (Å²) >= 11 is 1.61. The summed E-state index contributed by atoms with van der Waals surface area (Å²) in [6, 6.07) is 14.5. The monoisotopic (exact) mass is 445 g/mol. The molecular formula is C27H27NO3S. The van der Waals surface area contributed by atoms with Crippen LogP contribution in [0, 0.1) is 5.41 Å². The SMILES string of the molecule is CC(C)(C)CC(C(=O)O)c1sc2ccc3ncccc3c2c1-c1ccc2c(c1)CCCO2. The number of carbonyl (C=O) groups is 1. The van der Waals surface area contributed by atoms with Crippen molar-refractivity contribution in [3.8, 4) is 16.9 Å². The second-order valence-electron chi connectivity index (χ2n) is 9.78. The van der Waals surface area contributed by atoms with Crippen LogP contribution < -0.4 is 4.74 Å². The van der Waals surface area contributed by atoms with Crippen LogP contribution in [-0.2, 0) is 11.2 Å². The van der Waals surface area contributed by atoms with Crippen LogP contribution in [0.15, 0.2) is 48.7 Å². The minimum absolute atomic E-state index is 0.107. The number of nitrogens with zero attached hydrogens (tertiary/aromatic N) is 1. The van der Waals surface area contributed by atoms with Gasteiger partial charge in [-0.1, -0.05) is 32.9 Å². The van der Waals surface area contributed by atoms with E-state index in [4.69, 9.17) is 4.74 Å². The summed E-state index contributed by atoms with van der Waals surface area (Å²) in [7, 11) is 0. The van der Waals surface area contributed by atoms with Gasteiger partial charge in [0.25, 0.3) is 0 Å². The molecule has 5 rings (SSSR count). The number of aryl methyl sites for hydroxylation is 1. The highest BCUT2D eigenvalue weighted by Crippen LogP contribution is 2.48. The third kappa shape index (κ3) is 3.75. The molecule has 1 atom stereocenters. The predicted octanol–water partition coefficient (Wildman–Crippen LogP) is 7.05. The molecule has 2 aromatic heterocycles. The number of thiophene rings is 1. The maximum Gasteiger partial charge on any atom is 0.311 e. The number of rotatable bonds is 4. The number of ether oxygens (including phenoxy) is 1. The zero-order chi connectivity index (χ0) is 22.5. The summed E-state index contributed by atoms with van der Waals surface area (Å²) < 4.78 is 6.94. The Hall–Kier alpha value is -2.92. The summed E-state index contributed by atoms with van der Waals surface area (Å²) in [5.41, 5.74) is 4.11. The van der Waals surface area contributed by atoms with Crippen LogP contribution >= 0.6 is 11.3 Å². The highest BCUT2D eigenvalue weighted by atomic mass is 32.1. The molecule has 0 aliphatic carbocycles. The van der Waals surface area contributed by atoms with E-state index >= 15 is 0 Å². The van der Waals surface area contributed by atoms with Crippen LogP contribution in [-0.4, -0.2) is 22.7 Å². The van der Waals surface area contributed by atoms with Gasteiger partial charge in [-0.05, 0) is 66.1 Å². The molecule has 3 heterocycles. The van der Waals surface area contributed by atoms with E-state index in [0.717, 1.165) is 62.2 Å². The van der Waals surface area contributed by atoms with Crippen molar-refractivity contribution in [3.63, 3.8) is 0 Å². The van der Waals surface area contributed by atoms with Crippen molar-refractivity contribution in [2.45, 2.75) is 46.0 Å². The largest absolute Gasteiger partial charge is 0.493 e. The third-order valence-electron chi connectivity index (χ3n) is 6.09. The predicted molar refractivity (Wildman–Crippen MR) is 131 cm³/mol. The molecule has 0 spiro atoms. The zero-order valence-corrected chi connectivity index (χ0v) is 19.5. The standard InChI is InChI=1S/C27H27NO3S/c1-27(2,3)15-19(26(29)30)25-23(17-8-10-21-16(14-17)6-5-13-31-21)24-18-7-4-12-28-20(18)9-11-22(24)32-25/h4,7-12,14,19H,5-6,13,15H2,1-3H3,(H,29,30). The van der Waals surface area contributed by atoms with Crippen molar-refractivity contribution in [2.24, 2.45) is 5.41 Å². The molecule has 1 unspecified atom stereocenters. The highest BCUT2D eigenvalue weighted by Gasteiger charge is 2.32. The maximum atomic E-state index is 12.5. The van der Waals surface area contributed by atoms with Crippen LogP contribution in [0.5, 0.6) is 5.75 Å². The summed E-state index contributed by atoms with van der Waals surface area (Å²) in [5, 5.41) is 12.4. The van der Waals surface area contributed by atoms with Gasteiger partial charge < -0.3 is 9.84 Å². The molecule has 1 aliphatic heterocycles. The molecule has 4 aromatic rings. The van der Waals surface area contributed by atoms with Crippen molar-refractivity contribution in [2.75, 3.05) is 6.61 Å². The first kappa shape index (κ1) is 21.0. The first-order valence-corrected chi connectivity index (χ1v) is 11.9. The lowest BCUT2D eigenvalue weighted by Gasteiger charge is -2.24. The van der Waals surface area contributed by atoms with Gasteiger partial charge in [0.2, 0.25) is 0 Å². The Labute approximate surface area is 191 Å². The second-order valence-corrected chi connectivity index (χ2v) is 10.9. The number of pyridine rings is 1. The normalized spacial score (nSPS) is 14.8. The zero-order valence-electron chi connectivity index (χ0n) is 18.6. The summed E-state index contributed by atoms with van der Waals surface area (Å²) in [5.74, 6) is -0.394. The number of aliphatic carboxylic acids is 1. The first-order chi connectivity index (χ1) is 15.3. The number of carboxylic acid groups (broad SMARTS) is 1. The van der Waals surface area contributed by atoms with Crippen molar-refractivity contribution >= 4 is 38.3 Å². The summed E-state index contributed by atoms with van der Waals surface area (Å²) in [4.78, 5) is 18.0. The quantitative estimate of drug-likeness (QED) is 0.366. The second kappa shape index (κ2) is 7.89. The molecule has 32 heavy (non-hydrogen) atoms. The van der Waals surface area contributed by atoms with E-state index in [1.165, 1.54) is 5.56 Å². The summed E-state index contributed by atoms with van der Waals surface area (Å²) in [6.07, 6.45) is 4.36. The third-order valence-corrected chi connectivity index (χ3v) is 7.36. The van der Waals surface area contributed by atoms with Crippen LogP contribution in [0.25, 0.3) is 32.1 Å². The van der Waals surface area contributed by atoms with Gasteiger partial charge in [-0.15, -0.1) is 11.3 Å². The van der Waals surface area contributed by atoms with E-state index in [2.05, 4.69) is 50.0 Å². The average Bonchev–Trinajstić information content (AvgIpc) is 3.16. The van der Waals surface area contributed by atoms with Crippen molar-refractivity contribution in [1.82, 2.24) is 4.98 Å². The van der Waals surface area contributed by atoms with Crippen LogP contribution in [0.1, 0.15) is 50.0 Å². The molecule has 0 radical (unpaired) electrons. The Morgan fingerprint density at radius 1 is 1.22 bits per heavy atom. The van der Waals surface area contributed by atoms with E-state index in [-0.39, 0.29) is 5.41 Å². The van der Waals surface area contributed by atoms with Crippen LogP contribution in [0.3, 0.4) is 0 Å². The van der Waals surface area contributed by atoms with Gasteiger partial charge in [-0.2, -0.15) is 0 Å². The Morgan fingerprint density at radius 2 is 2.06 bits per heavy atom. The number of aromatic nitrogens is 1. The lowest BCUT2D eigenvalue weighted by molar-refractivity contribution is -0.139. The van der Waals surface area contributed by atoms with Gasteiger partial charge >= 0.3 is 5.97 Å². The summed E-state index contributed by atoms with van der Waals surface area (Å²) in [6.45, 7) is 7.06. The van der Waals surface area contributed by atoms with Gasteiger partial charge in [0.05, 0.1) is 18.0 Å². The Kier molecular flexibility index (Phi) is 5.17. The fraction of sp³-hybridized carbons (Fsp3) is 0.333. The molecule has 4 nitrogen and oxygen atoms in total. The Morgan fingerprint density at radius 3 is 2.84 bits per heavy atom. The van der Waals surface area contributed by atoms with Gasteiger partial charge in [0, 0.05) is 32.1 Å². The van der Waals surface area contributed by atoms with Crippen molar-refractivity contribution in [3.05, 3.63) is 59.1 Å². The number of fused-ring (bicyclic) bond motifs is 4. The molecule has 0 saturated carbocycles. The fourth-order valence-corrected chi connectivity index (χ4v) is 6.06. The molecular weight excluding hydrogens is 418 g/mol. The molecule has 1 N–H and O–H groups in total. The molecule has 5 heteroatoms. The van der Waals surface area contributed by atoms with E-state index < -0.39 is 11.9 Å². The maximum absolute atomic E-state index is 12.5. The van der Waals surface area contributed by atoms with Gasteiger partial charge in [-0.3, -0.25) is 9.78 Å². The molecule has 0 saturated heterocycles. The van der Waals surface area contributed by atoms with E-state index in [9.17, 15) is 9.90 Å². The van der Waals surface area contributed by atoms with Crippen molar-refractivity contribution < 1.29 is 14.6 Å². The number of carboxylic acids is 1. The van der Waals surface area contributed by atoms with E-state index in [0.29, 0.717) is 6.42 Å². The van der Waals surface area contributed by atoms with E-state index in [1.54, 1.807) is 17.5 Å². The minimum atomic E-state index is -0.767. The Balaban J connectivity index is 1.83. The molecule has 0 amide bonds. The smallest absolute Gasteiger partial charge is 0.311 e. The Bertz CT molecular complexity index is 1330. The van der Waals surface area contributed by atoms with E-state index in [1.807, 2.05) is 18.2 Å². The lowest BCUT2D eigenvalue weighted by Crippen LogP contribution is -2.19. The molecule has 2 aromatic carbocycles. The first-order valence-electron chi connectivity index (χ1n) is 11.1. The molecule has 0 fully saturated rings. The molecule has 1 aliphatic rings. The van der Waals surface area contributed by atoms with Crippen molar-refractivity contribution in [1.29, 1.82) is 0 Å². The topological polar surface area (TPSA) is 59.4 Å². The fourth-order valence-electron chi connectivity index (χ4n) is 4.72. The lowest BCUT2D eigenvalue weighted by atomic mass is 9.82. The van der Waals surface area contributed by atoms with Gasteiger partial charge in [0.1, 0.15) is 5.75 Å². The number of hydrogen-bond donors (Lipinski definition) is 1. The highest BCUT2D eigenvalue weighted by molar-refractivity contribution is 7.20. The van der Waals surface area contributed by atoms with Gasteiger partial charge in [-0.25, -0.2) is 0 Å². The minimum Gasteiger partial charge on any atom is -0.493 e. The molecule has 164 valence electrons. The van der Waals surface area contributed by atoms with Crippen LogP contribution in [0.2, 0.25) is 0 Å². The number of hydrogen-bond acceptors (Lipinski definition) is 4. The van der Waals surface area contributed by atoms with Gasteiger partial charge in [0.15, 0.2) is 0 Å².